The van der Waals surface area contributed by atoms with E-state index in [1.807, 2.05) is 42.5 Å². The summed E-state index contributed by atoms with van der Waals surface area (Å²) >= 11 is 0. The second kappa shape index (κ2) is 11.5. The van der Waals surface area contributed by atoms with E-state index in [9.17, 15) is 9.59 Å². The van der Waals surface area contributed by atoms with Crippen LogP contribution in [0.5, 0.6) is 11.5 Å². The van der Waals surface area contributed by atoms with Gasteiger partial charge in [0.2, 0.25) is 0 Å². The van der Waals surface area contributed by atoms with Crippen molar-refractivity contribution in [2.75, 3.05) is 38.8 Å². The maximum Gasteiger partial charge on any atom is 0.287 e. The molecule has 0 unspecified atom stereocenters. The van der Waals surface area contributed by atoms with Crippen molar-refractivity contribution in [3.8, 4) is 11.5 Å². The lowest BCUT2D eigenvalue weighted by Gasteiger charge is -2.34. The molecule has 0 spiro atoms. The molecule has 8 nitrogen and oxygen atoms in total. The number of anilines is 1. The van der Waals surface area contributed by atoms with Crippen LogP contribution >= 0.6 is 0 Å². The summed E-state index contributed by atoms with van der Waals surface area (Å²) in [7, 11) is 3.21. The zero-order valence-electron chi connectivity index (χ0n) is 20.1. The SMILES string of the molecule is COc1ccc(CCNC(=O)c2ccccc2N2CCC(NC(=O)c3ccco3)CC2)cc1OC. The number of hydrogen-bond acceptors (Lipinski definition) is 6. The first kappa shape index (κ1) is 24.2. The molecule has 4 rings (SSSR count). The highest BCUT2D eigenvalue weighted by atomic mass is 16.5. The van der Waals surface area contributed by atoms with Crippen LogP contribution in [0.4, 0.5) is 5.69 Å². The molecule has 2 heterocycles. The lowest BCUT2D eigenvalue weighted by Crippen LogP contribution is -2.45. The van der Waals surface area contributed by atoms with Gasteiger partial charge in [0.25, 0.3) is 11.8 Å². The third-order valence-corrected chi connectivity index (χ3v) is 6.21. The molecule has 1 aromatic heterocycles. The van der Waals surface area contributed by atoms with Gasteiger partial charge in [0, 0.05) is 31.4 Å². The number of para-hydroxylation sites is 1. The maximum atomic E-state index is 13.0. The Morgan fingerprint density at radius 1 is 0.971 bits per heavy atom. The number of carbonyl (C=O) groups is 2. The first-order chi connectivity index (χ1) is 17.1. The van der Waals surface area contributed by atoms with Crippen molar-refractivity contribution < 1.29 is 23.5 Å². The minimum atomic E-state index is -0.192. The van der Waals surface area contributed by atoms with E-state index in [0.717, 1.165) is 37.2 Å². The van der Waals surface area contributed by atoms with Crippen molar-refractivity contribution in [1.29, 1.82) is 0 Å². The van der Waals surface area contributed by atoms with Crippen LogP contribution in [0.3, 0.4) is 0 Å². The number of hydrogen-bond donors (Lipinski definition) is 2. The molecular weight excluding hydrogens is 446 g/mol. The number of methoxy groups -OCH3 is 2. The van der Waals surface area contributed by atoms with Gasteiger partial charge in [-0.25, -0.2) is 0 Å². The lowest BCUT2D eigenvalue weighted by atomic mass is 10.0. The lowest BCUT2D eigenvalue weighted by molar-refractivity contribution is 0.0902. The molecule has 0 atom stereocenters. The minimum Gasteiger partial charge on any atom is -0.493 e. The number of rotatable bonds is 9. The fraction of sp³-hybridized carbons (Fsp3) is 0.333. The highest BCUT2D eigenvalue weighted by molar-refractivity contribution is 5.99. The Labute approximate surface area is 205 Å². The Bertz CT molecular complexity index is 1140. The number of benzene rings is 2. The molecule has 1 saturated heterocycles. The molecule has 2 N–H and O–H groups in total. The van der Waals surface area contributed by atoms with Crippen molar-refractivity contribution in [2.45, 2.75) is 25.3 Å². The smallest absolute Gasteiger partial charge is 0.287 e. The predicted octanol–water partition coefficient (Wildman–Crippen LogP) is 3.67. The van der Waals surface area contributed by atoms with Crippen LogP contribution in [0.15, 0.2) is 65.3 Å². The van der Waals surface area contributed by atoms with Gasteiger partial charge in [-0.05, 0) is 61.2 Å². The van der Waals surface area contributed by atoms with Crippen LogP contribution in [0.25, 0.3) is 0 Å². The van der Waals surface area contributed by atoms with Crippen LogP contribution in [-0.2, 0) is 6.42 Å². The molecule has 1 aliphatic heterocycles. The van der Waals surface area contributed by atoms with Crippen molar-refractivity contribution in [1.82, 2.24) is 10.6 Å². The highest BCUT2D eigenvalue weighted by Gasteiger charge is 2.24. The summed E-state index contributed by atoms with van der Waals surface area (Å²) in [4.78, 5) is 27.5. The topological polar surface area (TPSA) is 93.0 Å². The minimum absolute atomic E-state index is 0.0753. The number of amides is 2. The van der Waals surface area contributed by atoms with Crippen molar-refractivity contribution in [3.63, 3.8) is 0 Å². The molecule has 0 bridgehead atoms. The number of piperidine rings is 1. The van der Waals surface area contributed by atoms with Gasteiger partial charge in [-0.3, -0.25) is 9.59 Å². The van der Waals surface area contributed by atoms with Crippen LogP contribution in [-0.4, -0.2) is 51.7 Å². The van der Waals surface area contributed by atoms with E-state index in [-0.39, 0.29) is 17.9 Å². The zero-order chi connectivity index (χ0) is 24.6. The molecule has 184 valence electrons. The molecule has 2 amide bonds. The average Bonchev–Trinajstić information content (AvgIpc) is 3.44. The first-order valence-electron chi connectivity index (χ1n) is 11.8. The third kappa shape index (κ3) is 5.95. The van der Waals surface area contributed by atoms with Gasteiger partial charge in [0.15, 0.2) is 17.3 Å². The summed E-state index contributed by atoms with van der Waals surface area (Å²) in [5.74, 6) is 1.38. The number of furan rings is 1. The third-order valence-electron chi connectivity index (χ3n) is 6.21. The van der Waals surface area contributed by atoms with Gasteiger partial charge >= 0.3 is 0 Å². The quantitative estimate of drug-likeness (QED) is 0.489. The van der Waals surface area contributed by atoms with E-state index < -0.39 is 0 Å². The van der Waals surface area contributed by atoms with Crippen LogP contribution in [0.1, 0.15) is 39.3 Å². The molecule has 0 saturated carbocycles. The predicted molar refractivity (Wildman–Crippen MR) is 133 cm³/mol. The number of carbonyl (C=O) groups excluding carboxylic acids is 2. The molecule has 8 heteroatoms. The Hall–Kier alpha value is -3.94. The molecule has 3 aromatic rings. The van der Waals surface area contributed by atoms with Gasteiger partial charge in [0.1, 0.15) is 0 Å². The van der Waals surface area contributed by atoms with E-state index in [2.05, 4.69) is 15.5 Å². The van der Waals surface area contributed by atoms with E-state index in [1.54, 1.807) is 26.4 Å². The Balaban J connectivity index is 1.31. The number of ether oxygens (including phenoxy) is 2. The van der Waals surface area contributed by atoms with Crippen LogP contribution in [0, 0.1) is 0 Å². The Kier molecular flexibility index (Phi) is 7.92. The van der Waals surface area contributed by atoms with Gasteiger partial charge < -0.3 is 29.4 Å². The highest BCUT2D eigenvalue weighted by Crippen LogP contribution is 2.28. The van der Waals surface area contributed by atoms with Gasteiger partial charge in [-0.2, -0.15) is 0 Å². The monoisotopic (exact) mass is 477 g/mol. The van der Waals surface area contributed by atoms with Gasteiger partial charge in [-0.15, -0.1) is 0 Å². The summed E-state index contributed by atoms with van der Waals surface area (Å²) in [6.45, 7) is 2.00. The summed E-state index contributed by atoms with van der Waals surface area (Å²) in [5, 5.41) is 6.07. The largest absolute Gasteiger partial charge is 0.493 e. The van der Waals surface area contributed by atoms with Crippen molar-refractivity contribution >= 4 is 17.5 Å². The Morgan fingerprint density at radius 3 is 2.46 bits per heavy atom. The maximum absolute atomic E-state index is 13.0. The van der Waals surface area contributed by atoms with Crippen molar-refractivity contribution in [2.24, 2.45) is 0 Å². The molecule has 35 heavy (non-hydrogen) atoms. The molecular formula is C27H31N3O5. The van der Waals surface area contributed by atoms with Crippen LogP contribution in [0.2, 0.25) is 0 Å². The second-order valence-electron chi connectivity index (χ2n) is 8.42. The van der Waals surface area contributed by atoms with E-state index in [4.69, 9.17) is 13.9 Å². The standard InChI is InChI=1S/C27H31N3O5/c1-33-23-10-9-19(18-25(23)34-2)11-14-28-26(31)21-6-3-4-7-22(21)30-15-12-20(13-16-30)29-27(32)24-8-5-17-35-24/h3-10,17-18,20H,11-16H2,1-2H3,(H,28,31)(H,29,32). The normalized spacial score (nSPS) is 13.8. The molecule has 1 aliphatic rings. The summed E-state index contributed by atoms with van der Waals surface area (Å²) in [6.07, 6.45) is 3.76. The zero-order valence-corrected chi connectivity index (χ0v) is 20.1. The average molecular weight is 478 g/mol. The molecule has 2 aromatic carbocycles. The fourth-order valence-corrected chi connectivity index (χ4v) is 4.32. The van der Waals surface area contributed by atoms with Gasteiger partial charge in [0.05, 0.1) is 26.0 Å². The van der Waals surface area contributed by atoms with E-state index >= 15 is 0 Å². The fourth-order valence-electron chi connectivity index (χ4n) is 4.32. The second-order valence-corrected chi connectivity index (χ2v) is 8.42. The molecule has 0 radical (unpaired) electrons. The van der Waals surface area contributed by atoms with E-state index in [1.165, 1.54) is 6.26 Å². The molecule has 0 aliphatic carbocycles. The Morgan fingerprint density at radius 2 is 1.74 bits per heavy atom. The first-order valence-corrected chi connectivity index (χ1v) is 11.8. The molecule has 1 fully saturated rings. The number of nitrogens with zero attached hydrogens (tertiary/aromatic N) is 1. The van der Waals surface area contributed by atoms with Crippen molar-refractivity contribution in [3.05, 3.63) is 77.7 Å². The summed E-state index contributed by atoms with van der Waals surface area (Å²) in [6, 6.07) is 16.8. The summed E-state index contributed by atoms with van der Waals surface area (Å²) in [5.41, 5.74) is 2.61. The van der Waals surface area contributed by atoms with Crippen LogP contribution < -0.4 is 25.0 Å². The number of nitrogens with one attached hydrogen (secondary N) is 2. The van der Waals surface area contributed by atoms with Gasteiger partial charge in [-0.1, -0.05) is 18.2 Å². The summed E-state index contributed by atoms with van der Waals surface area (Å²) < 4.78 is 15.8. The van der Waals surface area contributed by atoms with E-state index in [0.29, 0.717) is 35.8 Å².